The van der Waals surface area contributed by atoms with Crippen molar-refractivity contribution in [3.63, 3.8) is 0 Å². The van der Waals surface area contributed by atoms with Gasteiger partial charge in [0.25, 0.3) is 0 Å². The lowest BCUT2D eigenvalue weighted by Crippen LogP contribution is -2.09. The van der Waals surface area contributed by atoms with Crippen molar-refractivity contribution in [2.24, 2.45) is 0 Å². The summed E-state index contributed by atoms with van der Waals surface area (Å²) in [6.45, 7) is 0. The summed E-state index contributed by atoms with van der Waals surface area (Å²) in [6, 6.07) is -26.1. The van der Waals surface area contributed by atoms with Crippen LogP contribution in [0.1, 0.15) is 37.0 Å². The highest BCUT2D eigenvalue weighted by Crippen LogP contribution is 2.41. The molecule has 0 spiro atoms. The molecule has 0 aliphatic carbocycles. The summed E-state index contributed by atoms with van der Waals surface area (Å²) in [7, 11) is 0. The zero-order chi connectivity index (χ0) is 51.4. The van der Waals surface area contributed by atoms with Crippen molar-refractivity contribution in [3.05, 3.63) is 163 Å². The van der Waals surface area contributed by atoms with Crippen molar-refractivity contribution in [2.45, 2.75) is 0 Å². The number of rotatable bonds is 5. The lowest BCUT2D eigenvalue weighted by molar-refractivity contribution is 0.673. The molecular weight excluding hydrogens is 510 g/mol. The van der Waals surface area contributed by atoms with Crippen LogP contribution in [0.3, 0.4) is 0 Å². The first-order valence-electron chi connectivity index (χ1n) is 25.6. The molecule has 0 fully saturated rings. The van der Waals surface area contributed by atoms with Crippen LogP contribution in [-0.2, 0) is 0 Å². The van der Waals surface area contributed by atoms with Gasteiger partial charge in [0, 0.05) is 33.2 Å². The van der Waals surface area contributed by atoms with Crippen LogP contribution in [0.5, 0.6) is 0 Å². The van der Waals surface area contributed by atoms with E-state index in [1.54, 1.807) is 0 Å². The van der Waals surface area contributed by atoms with Gasteiger partial charge in [-0.25, -0.2) is 0 Å². The van der Waals surface area contributed by atoms with Crippen LogP contribution in [0.15, 0.2) is 168 Å². The van der Waals surface area contributed by atoms with Gasteiger partial charge in [0.2, 0.25) is 0 Å². The van der Waals surface area contributed by atoms with Crippen molar-refractivity contribution in [1.29, 1.82) is 0 Å². The second kappa shape index (κ2) is 10.1. The van der Waals surface area contributed by atoms with E-state index in [1.807, 2.05) is 0 Å². The van der Waals surface area contributed by atoms with E-state index in [-0.39, 0.29) is 0 Å². The van der Waals surface area contributed by atoms with Crippen LogP contribution >= 0.6 is 0 Å². The molecule has 42 heavy (non-hydrogen) atoms. The predicted molar refractivity (Wildman–Crippen MR) is 177 cm³/mol. The number of para-hydroxylation sites is 2. The van der Waals surface area contributed by atoms with Crippen molar-refractivity contribution in [1.82, 2.24) is 0 Å². The first kappa shape index (κ1) is 9.20. The Morgan fingerprint density at radius 2 is 0.952 bits per heavy atom. The van der Waals surface area contributed by atoms with Crippen molar-refractivity contribution in [3.8, 4) is 22.3 Å². The molecule has 0 saturated carbocycles. The molecule has 7 aromatic carbocycles. The average Bonchev–Trinajstić information content (AvgIpc) is 3.73. The van der Waals surface area contributed by atoms with Gasteiger partial charge >= 0.3 is 0 Å². The Balaban J connectivity index is 1.55. The van der Waals surface area contributed by atoms with Crippen LogP contribution in [0.25, 0.3) is 55.0 Å². The first-order valence-corrected chi connectivity index (χ1v) is 12.1. The molecule has 8 aromatic rings. The van der Waals surface area contributed by atoms with E-state index in [0.29, 0.717) is 4.90 Å². The monoisotopic (exact) mass is 564 g/mol. The molecule has 0 unspecified atom stereocenters. The highest BCUT2D eigenvalue weighted by Gasteiger charge is 2.16. The molecule has 2 nitrogen and oxygen atoms in total. The number of fused-ring (bicyclic) bond motifs is 5. The molecule has 2 heteroatoms. The number of benzene rings is 7. The summed E-state index contributed by atoms with van der Waals surface area (Å²) in [5.41, 5.74) is -7.24. The third-order valence-corrected chi connectivity index (χ3v) is 6.13. The van der Waals surface area contributed by atoms with E-state index in [4.69, 9.17) is 33.2 Å². The molecular formula is C40H27NO. The molecule has 198 valence electrons. The average molecular weight is 565 g/mol. The topological polar surface area (TPSA) is 16.4 Å². The molecule has 0 atom stereocenters. The highest BCUT2D eigenvalue weighted by atomic mass is 16.3. The fourth-order valence-corrected chi connectivity index (χ4v) is 4.34. The molecule has 0 bridgehead atoms. The minimum atomic E-state index is -1.18. The zero-order valence-electron chi connectivity index (χ0n) is 47.9. The lowest BCUT2D eigenvalue weighted by atomic mass is 9.95. The quantitative estimate of drug-likeness (QED) is 0.207. The SMILES string of the molecule is [2H]c1c([2H])c([2H])c(-c2c([2H])c3c(oc4c([2H])c([2H])c(-c5c([2H])c([2H])c(N(c6c([2H])c([2H])c([2H])c([2H])c6[2H])c6c([2H])c([2H])c([2H])c([2H])c6[2H])c([2H])c5[2H])c([2H])c43)c3c([2H])c([2H])c([2H])c([2H])c23)c([2H])c1[2H]. The summed E-state index contributed by atoms with van der Waals surface area (Å²) in [4.78, 5) is 0.399. The fourth-order valence-electron chi connectivity index (χ4n) is 4.34. The lowest BCUT2D eigenvalue weighted by Gasteiger charge is -2.25. The van der Waals surface area contributed by atoms with Gasteiger partial charge in [-0.2, -0.15) is 0 Å². The number of furan rings is 1. The Labute approximate surface area is 282 Å². The van der Waals surface area contributed by atoms with Gasteiger partial charge in [-0.3, -0.25) is 0 Å². The Kier molecular flexibility index (Phi) is 2.21. The molecule has 0 radical (unpaired) electrons. The maximum absolute atomic E-state index is 9.56. The number of nitrogens with zero attached hydrogens (tertiary/aromatic N) is 1. The third-order valence-electron chi connectivity index (χ3n) is 6.13. The zero-order valence-corrected chi connectivity index (χ0v) is 20.9. The minimum Gasteiger partial charge on any atom is -0.455 e. The summed E-state index contributed by atoms with van der Waals surface area (Å²) < 4.78 is 242. The maximum Gasteiger partial charge on any atom is 0.143 e. The number of anilines is 3. The maximum atomic E-state index is 9.56. The Morgan fingerprint density at radius 3 is 1.62 bits per heavy atom. The largest absolute Gasteiger partial charge is 0.455 e. The molecule has 1 heterocycles. The number of hydrogen-bond acceptors (Lipinski definition) is 2. The fraction of sp³-hybridized carbons (Fsp3) is 0. The molecule has 0 aliphatic rings. The Hall–Kier alpha value is -5.60. The van der Waals surface area contributed by atoms with E-state index in [0.717, 1.165) is 0 Å². The first-order chi connectivity index (χ1) is 32.1. The van der Waals surface area contributed by atoms with E-state index in [2.05, 4.69) is 0 Å². The standard InChI is InChI=1S/C40H27NO/c1-4-12-29(13-5-1)36-27-38-37-26-30(22-25-39(37)42-40(38)35-19-11-10-18-34(35)36)28-20-23-33(24-21-28)41(31-14-6-2-7-15-31)32-16-8-3-9-17-32/h1-27H/i1D,2D,3D,4D,5D,6D,7D,8D,9D,10D,11D,12D,13D,14D,15D,16D,17D,18D,19D,20D,21D,22D,23D,24D,25D,26D,27D. The molecule has 0 amide bonds. The van der Waals surface area contributed by atoms with Crippen molar-refractivity contribution < 1.29 is 41.4 Å². The van der Waals surface area contributed by atoms with Gasteiger partial charge < -0.3 is 9.32 Å². The van der Waals surface area contributed by atoms with Crippen molar-refractivity contribution >= 4 is 49.8 Å². The van der Waals surface area contributed by atoms with Crippen LogP contribution in [-0.4, -0.2) is 0 Å². The van der Waals surface area contributed by atoms with E-state index < -0.39 is 235 Å². The highest BCUT2D eigenvalue weighted by molar-refractivity contribution is 6.19. The molecule has 8 rings (SSSR count). The molecule has 0 saturated heterocycles. The van der Waals surface area contributed by atoms with Crippen LogP contribution in [0.4, 0.5) is 17.1 Å². The smallest absolute Gasteiger partial charge is 0.143 e. The van der Waals surface area contributed by atoms with Crippen molar-refractivity contribution in [2.75, 3.05) is 4.90 Å². The van der Waals surface area contributed by atoms with Gasteiger partial charge in [0.05, 0.1) is 37.0 Å². The van der Waals surface area contributed by atoms with Gasteiger partial charge in [-0.15, -0.1) is 0 Å². The van der Waals surface area contributed by atoms with Crippen LogP contribution in [0, 0.1) is 0 Å². The summed E-state index contributed by atoms with van der Waals surface area (Å²) in [5.74, 6) is 0. The molecule has 0 N–H and O–H groups in total. The van der Waals surface area contributed by atoms with E-state index in [9.17, 15) is 8.22 Å². The van der Waals surface area contributed by atoms with Gasteiger partial charge in [0.1, 0.15) is 11.2 Å². The van der Waals surface area contributed by atoms with Crippen LogP contribution < -0.4 is 4.90 Å². The van der Waals surface area contributed by atoms with E-state index in [1.165, 1.54) is 0 Å². The second-order valence-electron chi connectivity index (χ2n) is 8.52. The summed E-state index contributed by atoms with van der Waals surface area (Å²) in [6.07, 6.45) is 0. The van der Waals surface area contributed by atoms with Gasteiger partial charge in [-0.1, -0.05) is 109 Å². The summed E-state index contributed by atoms with van der Waals surface area (Å²) in [5, 5.41) is -2.21. The Bertz CT molecular complexity index is 3530. The van der Waals surface area contributed by atoms with Crippen LogP contribution in [0.2, 0.25) is 0 Å². The second-order valence-corrected chi connectivity index (χ2v) is 8.52. The third kappa shape index (κ3) is 4.13. The van der Waals surface area contributed by atoms with Gasteiger partial charge in [-0.05, 0) is 82.0 Å². The normalized spacial score (nSPS) is 20.3. The molecule has 1 aromatic heterocycles. The van der Waals surface area contributed by atoms with E-state index >= 15 is 0 Å². The summed E-state index contributed by atoms with van der Waals surface area (Å²) >= 11 is 0. The Morgan fingerprint density at radius 1 is 0.405 bits per heavy atom. The molecule has 0 aliphatic heterocycles. The predicted octanol–water partition coefficient (Wildman–Crippen LogP) is 11.5. The van der Waals surface area contributed by atoms with Gasteiger partial charge in [0.15, 0.2) is 0 Å². The minimum absolute atomic E-state index is 0.399. The number of hydrogen-bond donors (Lipinski definition) is 0.